The van der Waals surface area contributed by atoms with Crippen LogP contribution in [0.3, 0.4) is 0 Å². The van der Waals surface area contributed by atoms with Crippen molar-refractivity contribution in [3.8, 4) is 17.8 Å². The molecule has 4 N–H and O–H groups in total. The summed E-state index contributed by atoms with van der Waals surface area (Å²) >= 11 is 4.62. The molecule has 1 aromatic carbocycles. The molecule has 1 aromatic rings. The van der Waals surface area contributed by atoms with E-state index in [4.69, 9.17) is 42.6 Å². The number of carbonyl (C=O) groups is 9. The molecule has 3 aliphatic heterocycles. The number of methoxy groups -OCH3 is 1. The van der Waals surface area contributed by atoms with E-state index in [1.807, 2.05) is 11.8 Å². The van der Waals surface area contributed by atoms with Crippen LogP contribution in [-0.2, 0) is 78.1 Å². The maximum absolute atomic E-state index is 13.5. The Morgan fingerprint density at radius 1 is 0.822 bits per heavy atom. The van der Waals surface area contributed by atoms with Crippen molar-refractivity contribution in [1.29, 1.82) is 0 Å². The number of nitro groups is 1. The third kappa shape index (κ3) is 27.5. The Morgan fingerprint density at radius 3 is 2.10 bits per heavy atom. The number of rotatable bonds is 32. The van der Waals surface area contributed by atoms with E-state index in [0.29, 0.717) is 111 Å². The second-order valence-electron chi connectivity index (χ2n) is 21.8. The van der Waals surface area contributed by atoms with Crippen molar-refractivity contribution in [2.75, 3.05) is 119 Å². The molecule has 3 saturated heterocycles. The van der Waals surface area contributed by atoms with Crippen LogP contribution in [0.15, 0.2) is 18.2 Å². The number of urea groups is 1. The van der Waals surface area contributed by atoms with Gasteiger partial charge in [0, 0.05) is 137 Å². The van der Waals surface area contributed by atoms with Gasteiger partial charge >= 0.3 is 47.7 Å². The van der Waals surface area contributed by atoms with Crippen molar-refractivity contribution < 1.29 is 90.7 Å². The molecule has 5 amide bonds. The van der Waals surface area contributed by atoms with Crippen molar-refractivity contribution in [3.05, 3.63) is 33.9 Å². The van der Waals surface area contributed by atoms with Gasteiger partial charge in [-0.15, -0.1) is 0 Å². The average molecular weight is 1290 g/mol. The second kappa shape index (κ2) is 40.5. The molecule has 504 valence electrons. The van der Waals surface area contributed by atoms with Crippen LogP contribution in [0.4, 0.5) is 15.3 Å². The zero-order valence-corrected chi connectivity index (χ0v) is 53.9. The lowest BCUT2D eigenvalue weighted by molar-refractivity contribution is -0.387. The number of hydrogen-bond donors (Lipinski definition) is 5. The summed E-state index contributed by atoms with van der Waals surface area (Å²) in [5, 5.41) is 23.8. The summed E-state index contributed by atoms with van der Waals surface area (Å²) in [6.45, 7) is 14.5. The van der Waals surface area contributed by atoms with Crippen LogP contribution in [0.5, 0.6) is 5.75 Å². The van der Waals surface area contributed by atoms with E-state index >= 15 is 0 Å². The molecular formula is C59H92N10O20S. The maximum atomic E-state index is 13.5. The molecule has 3 heterocycles. The van der Waals surface area contributed by atoms with Crippen LogP contribution >= 0.6 is 12.6 Å². The van der Waals surface area contributed by atoms with Crippen molar-refractivity contribution in [2.45, 2.75) is 154 Å². The lowest BCUT2D eigenvalue weighted by Crippen LogP contribution is -2.63. The molecule has 0 aromatic heterocycles. The Kier molecular flexibility index (Phi) is 33.8. The number of nitro benzene ring substituents is 1. The molecule has 0 bridgehead atoms. The normalized spacial score (nSPS) is 20.9. The van der Waals surface area contributed by atoms with Crippen molar-refractivity contribution in [3.63, 3.8) is 0 Å². The van der Waals surface area contributed by atoms with E-state index in [9.17, 15) is 53.3 Å². The molecule has 30 nitrogen and oxygen atoms in total. The molecule has 0 spiro atoms. The molecular weight excluding hydrogens is 1200 g/mol. The summed E-state index contributed by atoms with van der Waals surface area (Å²) in [6.07, 6.45) is -1.27. The van der Waals surface area contributed by atoms with E-state index in [0.717, 1.165) is 66.0 Å². The van der Waals surface area contributed by atoms with Crippen LogP contribution in [0.25, 0.3) is 0 Å². The molecule has 90 heavy (non-hydrogen) atoms. The number of benzene rings is 1. The zero-order valence-electron chi connectivity index (χ0n) is 53.0. The predicted octanol–water partition coefficient (Wildman–Crippen LogP) is 2.09. The number of hydrogen-bond acceptors (Lipinski definition) is 25. The van der Waals surface area contributed by atoms with E-state index in [2.05, 4.69) is 67.5 Å². The third-order valence-corrected chi connectivity index (χ3v) is 15.4. The predicted molar refractivity (Wildman–Crippen MR) is 326 cm³/mol. The molecule has 3 aliphatic rings. The lowest BCUT2D eigenvalue weighted by atomic mass is 9.98. The fraction of sp³-hybridized carbons (Fsp3) is 0.712. The largest absolute Gasteiger partial charge is 0.466 e. The average Bonchev–Trinajstić information content (AvgIpc) is 0.903. The molecule has 0 radical (unpaired) electrons. The fourth-order valence-electron chi connectivity index (χ4n) is 10.1. The van der Waals surface area contributed by atoms with Crippen molar-refractivity contribution >= 4 is 72.1 Å². The Hall–Kier alpha value is -7.24. The van der Waals surface area contributed by atoms with Gasteiger partial charge in [0.1, 0.15) is 25.4 Å². The number of nitrogens with zero attached hydrogens (tertiary/aromatic N) is 6. The van der Waals surface area contributed by atoms with Crippen LogP contribution < -0.4 is 26.0 Å². The molecule has 0 aliphatic carbocycles. The highest BCUT2D eigenvalue weighted by Crippen LogP contribution is 2.35. The zero-order chi connectivity index (χ0) is 66.1. The van der Waals surface area contributed by atoms with Crippen molar-refractivity contribution in [2.24, 2.45) is 0 Å². The first-order chi connectivity index (χ1) is 43.0. The van der Waals surface area contributed by atoms with Crippen molar-refractivity contribution in [1.82, 2.24) is 45.8 Å². The first-order valence-electron chi connectivity index (χ1n) is 30.5. The van der Waals surface area contributed by atoms with Crippen LogP contribution in [-0.4, -0.2) is 250 Å². The Morgan fingerprint density at radius 2 is 1.47 bits per heavy atom. The van der Waals surface area contributed by atoms with E-state index in [-0.39, 0.29) is 47.7 Å². The summed E-state index contributed by atoms with van der Waals surface area (Å²) < 4.78 is 49.3. The first-order valence-corrected chi connectivity index (χ1v) is 31.0. The van der Waals surface area contributed by atoms with Gasteiger partial charge in [-0.3, -0.25) is 53.6 Å². The summed E-state index contributed by atoms with van der Waals surface area (Å²) in [5.74, 6) is -1.56. The Labute approximate surface area is 531 Å². The number of esters is 5. The van der Waals surface area contributed by atoms with E-state index < -0.39 is 102 Å². The molecule has 8 atom stereocenters. The van der Waals surface area contributed by atoms with Gasteiger partial charge in [0.05, 0.1) is 31.2 Å². The van der Waals surface area contributed by atoms with Gasteiger partial charge < -0.3 is 73.7 Å². The summed E-state index contributed by atoms with van der Waals surface area (Å²) in [5.41, 5.74) is -0.428. The first kappa shape index (κ1) is 75.2. The topological polar surface area (TPSA) is 344 Å². The second-order valence-corrected chi connectivity index (χ2v) is 22.5. The maximum Gasteiger partial charge on any atom is 0.407 e. The van der Waals surface area contributed by atoms with Gasteiger partial charge in [-0.1, -0.05) is 25.8 Å². The monoisotopic (exact) mass is 1290 g/mol. The highest BCUT2D eigenvalue weighted by Gasteiger charge is 2.54. The minimum Gasteiger partial charge on any atom is -0.466 e. The minimum absolute atomic E-state index is 0.00990. The Balaban J connectivity index is 1.34. The fourth-order valence-corrected chi connectivity index (χ4v) is 10.5. The number of unbranched alkanes of at least 4 members (excludes halogenated alkanes) is 3. The van der Waals surface area contributed by atoms with Crippen LogP contribution in [0.1, 0.15) is 105 Å². The number of amides is 5. The van der Waals surface area contributed by atoms with Gasteiger partial charge in [-0.2, -0.15) is 12.6 Å². The summed E-state index contributed by atoms with van der Waals surface area (Å²) in [6, 6.07) is 3.47. The highest BCUT2D eigenvalue weighted by molar-refractivity contribution is 7.81. The number of thiol groups is 1. The molecule has 0 saturated carbocycles. The van der Waals surface area contributed by atoms with E-state index in [1.165, 1.54) is 19.2 Å². The molecule has 3 fully saturated rings. The highest BCUT2D eigenvalue weighted by atomic mass is 32.1. The quantitative estimate of drug-likeness (QED) is 0.0131. The van der Waals surface area contributed by atoms with Crippen LogP contribution in [0.2, 0.25) is 0 Å². The molecule has 4 rings (SSSR count). The molecule has 31 heteroatoms. The minimum atomic E-state index is -1.75. The van der Waals surface area contributed by atoms with Gasteiger partial charge in [0.2, 0.25) is 24.2 Å². The number of ether oxygens (including phenoxy) is 9. The third-order valence-electron chi connectivity index (χ3n) is 14.8. The summed E-state index contributed by atoms with van der Waals surface area (Å²) in [7, 11) is 3.07. The van der Waals surface area contributed by atoms with Gasteiger partial charge in [-0.05, 0) is 63.1 Å². The Bertz CT molecular complexity index is 2600. The number of carbonyl (C=O) groups excluding carboxylic acids is 9. The number of alkyl carbamates (subject to hydrolysis) is 1. The summed E-state index contributed by atoms with van der Waals surface area (Å²) in [4.78, 5) is 135. The smallest absolute Gasteiger partial charge is 0.407 e. The van der Waals surface area contributed by atoms with Gasteiger partial charge in [0.15, 0.2) is 24.1 Å². The standard InChI is InChI=1S/C59H92N10O20S/c1-9-23-65-27-29-67(26-22-60-59(78)84-38-44-20-21-47(46(36-44)69(79)80)88-57-54(87-43(6)73)53(86-42(5)72)52(85-41(4)71)48(89-57)39-83-40(3)70)30-28-66(25-16-35-82-10-2)32-34-68(33-31-65)55(56(76)81-8)63-50(74)18-12-11-15-24-64(7)51(75)19-14-13-17-49(90)45-37-61-58(77)62-45/h20-21,36,45,48-49,52-55,57,90H,9-15,17-19,22-34,37-39H2,1-8H3,(H,60,78)(H,63,74)(H2,61,62,77). The van der Waals surface area contributed by atoms with Gasteiger partial charge in [-0.25, -0.2) is 14.4 Å². The molecule has 8 unspecified atom stereocenters. The SMILES string of the molecule is CCCN1CCN(CCNC(=O)OCc2ccc(OC3OC(COC(C)=O)C(OC(C)=O)C(OC(C)=O)C3OC(C)=O)c([N+](=O)[O-])c2)CCN(CC#COCC)CCN(C(NC(=O)CCCCCN(C)C(=O)CCCCC(S)C2CNC(=O)N2)C(=O)OC)CC1. The van der Waals surface area contributed by atoms with E-state index in [1.54, 1.807) is 11.9 Å². The van der Waals surface area contributed by atoms with Crippen LogP contribution in [0, 0.1) is 22.1 Å². The number of nitrogens with one attached hydrogen (secondary N) is 4. The van der Waals surface area contributed by atoms with Gasteiger partial charge in [0.25, 0.3) is 0 Å². The lowest BCUT2D eigenvalue weighted by Gasteiger charge is -2.43.